The minimum Gasteiger partial charge on any atom is -0.444 e. The summed E-state index contributed by atoms with van der Waals surface area (Å²) in [5, 5.41) is 0. The molecule has 0 unspecified atom stereocenters. The summed E-state index contributed by atoms with van der Waals surface area (Å²) >= 11 is 1.35. The van der Waals surface area contributed by atoms with Crippen LogP contribution in [-0.2, 0) is 8.92 Å². The number of hydrogen-bond donors (Lipinski definition) is 0. The van der Waals surface area contributed by atoms with E-state index in [1.807, 2.05) is 34.6 Å². The van der Waals surface area contributed by atoms with E-state index >= 15 is 0 Å². The van der Waals surface area contributed by atoms with Crippen molar-refractivity contribution in [3.05, 3.63) is 0 Å². The Kier molecular flexibility index (Phi) is 7.58. The van der Waals surface area contributed by atoms with Gasteiger partial charge in [-0.15, -0.1) is 0 Å². The highest BCUT2D eigenvalue weighted by molar-refractivity contribution is 7.94. The molecule has 0 atom stereocenters. The first-order valence-electron chi connectivity index (χ1n) is 5.63. The zero-order valence-corrected chi connectivity index (χ0v) is 11.7. The summed E-state index contributed by atoms with van der Waals surface area (Å²) < 4.78 is 10.6. The molecule has 96 valence electrons. The summed E-state index contributed by atoms with van der Waals surface area (Å²) in [7, 11) is 0. The Balaban J connectivity index is 4.12. The highest BCUT2D eigenvalue weighted by atomic mass is 32.2. The van der Waals surface area contributed by atoms with Crippen LogP contribution < -0.4 is 0 Å². The molecule has 0 radical (unpaired) electrons. The van der Waals surface area contributed by atoms with Gasteiger partial charge in [0.1, 0.15) is 12.3 Å². The molecule has 0 aliphatic rings. The van der Waals surface area contributed by atoms with Gasteiger partial charge in [0.25, 0.3) is 0 Å². The van der Waals surface area contributed by atoms with Crippen LogP contribution >= 0.6 is 12.0 Å². The fraction of sp³-hybridized carbons (Fsp3) is 0.909. The van der Waals surface area contributed by atoms with Gasteiger partial charge in [0, 0.05) is 12.3 Å². The molecular formula is C11H23NO3S. The summed E-state index contributed by atoms with van der Waals surface area (Å²) in [4.78, 5) is 13.3. The lowest BCUT2D eigenvalue weighted by atomic mass is 10.2. The standard InChI is InChI=1S/C11H23NO3S/c1-6-8-12(9-14-16-7-2)10(13)15-11(3,4)5/h6-9H2,1-5H3. The van der Waals surface area contributed by atoms with Crippen LogP contribution in [0.3, 0.4) is 0 Å². The Morgan fingerprint density at radius 3 is 2.38 bits per heavy atom. The monoisotopic (exact) mass is 249 g/mol. The van der Waals surface area contributed by atoms with Crippen LogP contribution in [0.15, 0.2) is 0 Å². The molecule has 0 spiro atoms. The van der Waals surface area contributed by atoms with Crippen LogP contribution in [0.4, 0.5) is 4.79 Å². The normalized spacial score (nSPS) is 11.3. The van der Waals surface area contributed by atoms with Gasteiger partial charge in [0.2, 0.25) is 0 Å². The first-order valence-corrected chi connectivity index (χ1v) is 6.54. The minimum atomic E-state index is -0.457. The fourth-order valence-electron chi connectivity index (χ4n) is 0.989. The van der Waals surface area contributed by atoms with E-state index < -0.39 is 5.60 Å². The van der Waals surface area contributed by atoms with Gasteiger partial charge in [0.15, 0.2) is 0 Å². The fourth-order valence-corrected chi connectivity index (χ4v) is 1.36. The van der Waals surface area contributed by atoms with Crippen molar-refractivity contribution in [2.75, 3.05) is 19.0 Å². The quantitative estimate of drug-likeness (QED) is 0.411. The van der Waals surface area contributed by atoms with E-state index in [9.17, 15) is 4.79 Å². The maximum absolute atomic E-state index is 11.8. The molecule has 4 nitrogen and oxygen atoms in total. The molecule has 0 aromatic carbocycles. The lowest BCUT2D eigenvalue weighted by Crippen LogP contribution is -2.38. The minimum absolute atomic E-state index is 0.279. The number of rotatable bonds is 6. The molecule has 1 amide bonds. The molecule has 16 heavy (non-hydrogen) atoms. The predicted octanol–water partition coefficient (Wildman–Crippen LogP) is 3.28. The highest BCUT2D eigenvalue weighted by Gasteiger charge is 2.21. The summed E-state index contributed by atoms with van der Waals surface area (Å²) in [5.74, 6) is 0.869. The van der Waals surface area contributed by atoms with Gasteiger partial charge in [-0.1, -0.05) is 13.8 Å². The third-order valence-corrected chi connectivity index (χ3v) is 2.06. The average Bonchev–Trinajstić information content (AvgIpc) is 2.14. The summed E-state index contributed by atoms with van der Waals surface area (Å²) in [6.07, 6.45) is 0.574. The Labute approximate surface area is 103 Å². The van der Waals surface area contributed by atoms with Gasteiger partial charge in [-0.05, 0) is 39.2 Å². The van der Waals surface area contributed by atoms with Crippen molar-refractivity contribution in [1.29, 1.82) is 0 Å². The van der Waals surface area contributed by atoms with Crippen LogP contribution in [0.1, 0.15) is 41.0 Å². The maximum Gasteiger partial charge on any atom is 0.412 e. The lowest BCUT2D eigenvalue weighted by molar-refractivity contribution is 0.0124. The lowest BCUT2D eigenvalue weighted by Gasteiger charge is -2.26. The third kappa shape index (κ3) is 7.82. The molecular weight excluding hydrogens is 226 g/mol. The van der Waals surface area contributed by atoms with Crippen LogP contribution in [0.5, 0.6) is 0 Å². The largest absolute Gasteiger partial charge is 0.444 e. The Hall–Kier alpha value is -0.420. The molecule has 0 aromatic rings. The third-order valence-electron chi connectivity index (χ3n) is 1.55. The first kappa shape index (κ1) is 15.6. The van der Waals surface area contributed by atoms with Crippen LogP contribution in [-0.4, -0.2) is 35.6 Å². The highest BCUT2D eigenvalue weighted by Crippen LogP contribution is 2.11. The molecule has 0 fully saturated rings. The molecule has 0 saturated heterocycles. The van der Waals surface area contributed by atoms with Crippen molar-refractivity contribution >= 4 is 18.1 Å². The smallest absolute Gasteiger partial charge is 0.412 e. The van der Waals surface area contributed by atoms with E-state index in [-0.39, 0.29) is 12.8 Å². The van der Waals surface area contributed by atoms with Gasteiger partial charge < -0.3 is 4.74 Å². The SMILES string of the molecule is CCCN(COSCC)C(=O)OC(C)(C)C. The first-order chi connectivity index (χ1) is 7.40. The van der Waals surface area contributed by atoms with Crippen molar-refractivity contribution in [3.63, 3.8) is 0 Å². The molecule has 0 bridgehead atoms. The van der Waals surface area contributed by atoms with Crippen molar-refractivity contribution in [3.8, 4) is 0 Å². The average molecular weight is 249 g/mol. The van der Waals surface area contributed by atoms with Gasteiger partial charge in [-0.25, -0.2) is 4.79 Å². The summed E-state index contributed by atoms with van der Waals surface area (Å²) in [6, 6.07) is 0. The van der Waals surface area contributed by atoms with Crippen LogP contribution in [0, 0.1) is 0 Å². The number of amides is 1. The van der Waals surface area contributed by atoms with Crippen molar-refractivity contribution in [1.82, 2.24) is 4.90 Å². The molecule has 5 heteroatoms. The van der Waals surface area contributed by atoms with E-state index in [2.05, 4.69) is 0 Å². The zero-order chi connectivity index (χ0) is 12.6. The summed E-state index contributed by atoms with van der Waals surface area (Å²) in [5.41, 5.74) is -0.457. The maximum atomic E-state index is 11.8. The van der Waals surface area contributed by atoms with Gasteiger partial charge in [0.05, 0.1) is 0 Å². The second kappa shape index (κ2) is 7.79. The van der Waals surface area contributed by atoms with Crippen LogP contribution in [0.2, 0.25) is 0 Å². The van der Waals surface area contributed by atoms with Crippen molar-refractivity contribution < 1.29 is 13.7 Å². The Morgan fingerprint density at radius 2 is 1.94 bits per heavy atom. The Bertz CT molecular complexity index is 204. The van der Waals surface area contributed by atoms with Gasteiger partial charge in [-0.2, -0.15) is 0 Å². The Morgan fingerprint density at radius 1 is 1.31 bits per heavy atom. The van der Waals surface area contributed by atoms with Gasteiger partial charge >= 0.3 is 6.09 Å². The molecule has 0 aliphatic carbocycles. The molecule has 0 rings (SSSR count). The number of ether oxygens (including phenoxy) is 1. The van der Waals surface area contributed by atoms with E-state index in [4.69, 9.17) is 8.92 Å². The summed E-state index contributed by atoms with van der Waals surface area (Å²) in [6.45, 7) is 10.5. The second-order valence-corrected chi connectivity index (χ2v) is 5.45. The van der Waals surface area contributed by atoms with E-state index in [0.717, 1.165) is 12.2 Å². The van der Waals surface area contributed by atoms with Crippen molar-refractivity contribution in [2.24, 2.45) is 0 Å². The number of nitrogens with zero attached hydrogens (tertiary/aromatic N) is 1. The molecule has 0 aromatic heterocycles. The predicted molar refractivity (Wildman–Crippen MR) is 67.3 cm³/mol. The van der Waals surface area contributed by atoms with Gasteiger partial charge in [-0.3, -0.25) is 9.08 Å². The second-order valence-electron chi connectivity index (χ2n) is 4.40. The molecule has 0 heterocycles. The van der Waals surface area contributed by atoms with E-state index in [1.165, 1.54) is 12.0 Å². The number of carbonyl (C=O) groups is 1. The molecule has 0 N–H and O–H groups in total. The topological polar surface area (TPSA) is 38.8 Å². The molecule has 0 saturated carbocycles. The number of hydrogen-bond acceptors (Lipinski definition) is 4. The molecule has 0 aliphatic heterocycles. The van der Waals surface area contributed by atoms with Crippen LogP contribution in [0.25, 0.3) is 0 Å². The van der Waals surface area contributed by atoms with Crippen molar-refractivity contribution in [2.45, 2.75) is 46.6 Å². The van der Waals surface area contributed by atoms with E-state index in [0.29, 0.717) is 6.54 Å². The van der Waals surface area contributed by atoms with E-state index in [1.54, 1.807) is 4.90 Å². The number of carbonyl (C=O) groups excluding carboxylic acids is 1. The zero-order valence-electron chi connectivity index (χ0n) is 10.9.